The van der Waals surface area contributed by atoms with Crippen molar-refractivity contribution in [2.24, 2.45) is 11.1 Å². The molecule has 0 aromatic carbocycles. The van der Waals surface area contributed by atoms with Gasteiger partial charge in [0, 0.05) is 19.6 Å². The third-order valence-corrected chi connectivity index (χ3v) is 4.44. The van der Waals surface area contributed by atoms with Crippen LogP contribution >= 0.6 is 0 Å². The van der Waals surface area contributed by atoms with Crippen LogP contribution in [0.1, 0.15) is 51.9 Å². The summed E-state index contributed by atoms with van der Waals surface area (Å²) in [7, 11) is 0. The zero-order chi connectivity index (χ0) is 12.1. The summed E-state index contributed by atoms with van der Waals surface area (Å²) < 4.78 is 5.85. The molecule has 1 aliphatic heterocycles. The molecule has 0 aromatic rings. The van der Waals surface area contributed by atoms with Gasteiger partial charge in [-0.1, -0.05) is 26.2 Å². The molecule has 3 nitrogen and oxygen atoms in total. The zero-order valence-electron chi connectivity index (χ0n) is 11.2. The topological polar surface area (TPSA) is 47.3 Å². The highest BCUT2D eigenvalue weighted by Gasteiger charge is 2.28. The Morgan fingerprint density at radius 2 is 1.88 bits per heavy atom. The van der Waals surface area contributed by atoms with Crippen molar-refractivity contribution < 1.29 is 4.74 Å². The molecule has 0 aromatic heterocycles. The first kappa shape index (κ1) is 13.3. The SMILES string of the molecule is CC1(CNCC2CCC(CN)O2)CCCCC1. The fraction of sp³-hybridized carbons (Fsp3) is 1.00. The Bertz CT molecular complexity index is 226. The monoisotopic (exact) mass is 240 g/mol. The van der Waals surface area contributed by atoms with E-state index < -0.39 is 0 Å². The summed E-state index contributed by atoms with van der Waals surface area (Å²) in [5.41, 5.74) is 6.15. The average Bonchev–Trinajstić information content (AvgIpc) is 2.78. The second-order valence-corrected chi connectivity index (χ2v) is 6.20. The predicted molar refractivity (Wildman–Crippen MR) is 71.0 cm³/mol. The van der Waals surface area contributed by atoms with E-state index in [1.807, 2.05) is 0 Å². The van der Waals surface area contributed by atoms with Gasteiger partial charge in [0.2, 0.25) is 0 Å². The number of ether oxygens (including phenoxy) is 1. The standard InChI is InChI=1S/C14H28N2O/c1-14(7-3-2-4-8-14)11-16-10-13-6-5-12(9-15)17-13/h12-13,16H,2-11,15H2,1H3. The third-order valence-electron chi connectivity index (χ3n) is 4.44. The summed E-state index contributed by atoms with van der Waals surface area (Å²) >= 11 is 0. The molecule has 2 atom stereocenters. The molecular weight excluding hydrogens is 212 g/mol. The molecule has 1 heterocycles. The Balaban J connectivity index is 1.62. The number of hydrogen-bond donors (Lipinski definition) is 2. The van der Waals surface area contributed by atoms with Crippen LogP contribution in [-0.2, 0) is 4.74 Å². The van der Waals surface area contributed by atoms with Crippen molar-refractivity contribution in [3.8, 4) is 0 Å². The normalized spacial score (nSPS) is 32.8. The molecule has 0 spiro atoms. The van der Waals surface area contributed by atoms with Crippen LogP contribution in [-0.4, -0.2) is 31.8 Å². The molecule has 2 aliphatic rings. The summed E-state index contributed by atoms with van der Waals surface area (Å²) in [4.78, 5) is 0. The first-order valence-electron chi connectivity index (χ1n) is 7.28. The van der Waals surface area contributed by atoms with Crippen molar-refractivity contribution in [2.45, 2.75) is 64.1 Å². The number of hydrogen-bond acceptors (Lipinski definition) is 3. The minimum Gasteiger partial charge on any atom is -0.372 e. The Morgan fingerprint density at radius 3 is 2.53 bits per heavy atom. The molecule has 0 radical (unpaired) electrons. The van der Waals surface area contributed by atoms with Crippen LogP contribution in [0.5, 0.6) is 0 Å². The summed E-state index contributed by atoms with van der Waals surface area (Å²) in [5, 5.41) is 3.62. The van der Waals surface area contributed by atoms with E-state index in [0.717, 1.165) is 19.5 Å². The van der Waals surface area contributed by atoms with E-state index >= 15 is 0 Å². The molecule has 0 bridgehead atoms. The molecule has 17 heavy (non-hydrogen) atoms. The fourth-order valence-corrected chi connectivity index (χ4v) is 3.22. The maximum Gasteiger partial charge on any atom is 0.0704 e. The third kappa shape index (κ3) is 3.94. The van der Waals surface area contributed by atoms with Crippen LogP contribution in [0.2, 0.25) is 0 Å². The molecule has 1 saturated heterocycles. The zero-order valence-corrected chi connectivity index (χ0v) is 11.2. The number of nitrogens with two attached hydrogens (primary N) is 1. The van der Waals surface area contributed by atoms with E-state index in [0.29, 0.717) is 24.2 Å². The van der Waals surface area contributed by atoms with Gasteiger partial charge in [-0.15, -0.1) is 0 Å². The Hall–Kier alpha value is -0.120. The van der Waals surface area contributed by atoms with E-state index in [-0.39, 0.29) is 0 Å². The van der Waals surface area contributed by atoms with Gasteiger partial charge in [0.05, 0.1) is 12.2 Å². The predicted octanol–water partition coefficient (Wildman–Crippen LogP) is 2.05. The summed E-state index contributed by atoms with van der Waals surface area (Å²) in [6.07, 6.45) is 10.0. The maximum absolute atomic E-state index is 5.85. The van der Waals surface area contributed by atoms with Gasteiger partial charge in [0.25, 0.3) is 0 Å². The molecule has 2 fully saturated rings. The smallest absolute Gasteiger partial charge is 0.0704 e. The largest absolute Gasteiger partial charge is 0.372 e. The van der Waals surface area contributed by atoms with Crippen molar-refractivity contribution >= 4 is 0 Å². The quantitative estimate of drug-likeness (QED) is 0.773. The van der Waals surface area contributed by atoms with Crippen LogP contribution in [0, 0.1) is 5.41 Å². The van der Waals surface area contributed by atoms with E-state index in [4.69, 9.17) is 10.5 Å². The fourth-order valence-electron chi connectivity index (χ4n) is 3.22. The van der Waals surface area contributed by atoms with Crippen LogP contribution < -0.4 is 11.1 Å². The van der Waals surface area contributed by atoms with Crippen LogP contribution in [0.3, 0.4) is 0 Å². The van der Waals surface area contributed by atoms with Crippen molar-refractivity contribution in [1.82, 2.24) is 5.32 Å². The van der Waals surface area contributed by atoms with Gasteiger partial charge in [-0.05, 0) is 31.1 Å². The van der Waals surface area contributed by atoms with Crippen molar-refractivity contribution in [3.63, 3.8) is 0 Å². The summed E-state index contributed by atoms with van der Waals surface area (Å²) in [6, 6.07) is 0. The molecule has 2 rings (SSSR count). The van der Waals surface area contributed by atoms with Crippen molar-refractivity contribution in [1.29, 1.82) is 0 Å². The lowest BCUT2D eigenvalue weighted by molar-refractivity contribution is 0.0481. The van der Waals surface area contributed by atoms with Gasteiger partial charge in [0.1, 0.15) is 0 Å². The van der Waals surface area contributed by atoms with Crippen molar-refractivity contribution in [2.75, 3.05) is 19.6 Å². The number of rotatable bonds is 5. The second kappa shape index (κ2) is 6.17. The first-order valence-corrected chi connectivity index (χ1v) is 7.28. The molecule has 2 unspecified atom stereocenters. The van der Waals surface area contributed by atoms with Gasteiger partial charge >= 0.3 is 0 Å². The Labute approximate surface area is 105 Å². The van der Waals surface area contributed by atoms with Gasteiger partial charge in [-0.2, -0.15) is 0 Å². The highest BCUT2D eigenvalue weighted by Crippen LogP contribution is 2.34. The Morgan fingerprint density at radius 1 is 1.18 bits per heavy atom. The molecule has 100 valence electrons. The van der Waals surface area contributed by atoms with E-state index in [2.05, 4.69) is 12.2 Å². The van der Waals surface area contributed by atoms with Crippen LogP contribution in [0.4, 0.5) is 0 Å². The highest BCUT2D eigenvalue weighted by atomic mass is 16.5. The van der Waals surface area contributed by atoms with Gasteiger partial charge in [-0.25, -0.2) is 0 Å². The summed E-state index contributed by atoms with van der Waals surface area (Å²) in [6.45, 7) is 5.26. The minimum atomic E-state index is 0.312. The molecule has 1 aliphatic carbocycles. The van der Waals surface area contributed by atoms with E-state index in [9.17, 15) is 0 Å². The molecule has 3 heteroatoms. The lowest BCUT2D eigenvalue weighted by atomic mass is 9.76. The number of nitrogens with one attached hydrogen (secondary N) is 1. The maximum atomic E-state index is 5.85. The van der Waals surface area contributed by atoms with E-state index in [1.165, 1.54) is 38.5 Å². The minimum absolute atomic E-state index is 0.312. The van der Waals surface area contributed by atoms with E-state index in [1.54, 1.807) is 0 Å². The molecule has 3 N–H and O–H groups in total. The van der Waals surface area contributed by atoms with Crippen LogP contribution in [0.25, 0.3) is 0 Å². The first-order chi connectivity index (χ1) is 8.22. The second-order valence-electron chi connectivity index (χ2n) is 6.20. The Kier molecular flexibility index (Phi) is 4.83. The van der Waals surface area contributed by atoms with Gasteiger partial charge in [-0.3, -0.25) is 0 Å². The lowest BCUT2D eigenvalue weighted by Gasteiger charge is -2.34. The average molecular weight is 240 g/mol. The van der Waals surface area contributed by atoms with Crippen molar-refractivity contribution in [3.05, 3.63) is 0 Å². The molecule has 1 saturated carbocycles. The van der Waals surface area contributed by atoms with Gasteiger partial charge in [0.15, 0.2) is 0 Å². The van der Waals surface area contributed by atoms with Gasteiger partial charge < -0.3 is 15.8 Å². The molecular formula is C14H28N2O. The lowest BCUT2D eigenvalue weighted by Crippen LogP contribution is -2.37. The summed E-state index contributed by atoms with van der Waals surface area (Å²) in [5.74, 6) is 0. The molecule has 0 amide bonds. The highest BCUT2D eigenvalue weighted by molar-refractivity contribution is 4.82. The van der Waals surface area contributed by atoms with Crippen LogP contribution in [0.15, 0.2) is 0 Å².